The average molecular weight is 158 g/mol. The average Bonchev–Trinajstić information content (AvgIpc) is 1.81. The third-order valence-electron chi connectivity index (χ3n) is 1.75. The lowest BCUT2D eigenvalue weighted by molar-refractivity contribution is 0.0992. The van der Waals surface area contributed by atoms with Crippen LogP contribution >= 0.6 is 0 Å². The number of nitrogens with zero attached hydrogens (tertiary/aromatic N) is 1. The van der Waals surface area contributed by atoms with Gasteiger partial charge in [-0.2, -0.15) is 0 Å². The molecule has 1 atom stereocenters. The Kier molecular flexibility index (Phi) is 4.69. The minimum atomic E-state index is -0.472. The highest BCUT2D eigenvalue weighted by Gasteiger charge is 2.14. The second kappa shape index (κ2) is 4.73. The fraction of sp³-hybridized carbons (Fsp3) is 0.889. The van der Waals surface area contributed by atoms with E-state index < -0.39 is 6.10 Å². The summed E-state index contributed by atoms with van der Waals surface area (Å²) >= 11 is 0. The second-order valence-corrected chi connectivity index (χ2v) is 3.54. The molecule has 1 unspecified atom stereocenters. The molecule has 11 heavy (non-hydrogen) atoms. The first kappa shape index (κ1) is 10.9. The zero-order valence-electron chi connectivity index (χ0n) is 8.04. The summed E-state index contributed by atoms with van der Waals surface area (Å²) in [6.07, 6.45) is -0.472. The van der Waals surface area contributed by atoms with Gasteiger partial charge < -0.3 is 5.11 Å². The largest absolute Gasteiger partial charge is 0.392 e. The summed E-state index contributed by atoms with van der Waals surface area (Å²) in [5.74, 6) is 0. The topological polar surface area (TPSA) is 23.5 Å². The van der Waals surface area contributed by atoms with Crippen molar-refractivity contribution in [1.29, 1.82) is 0 Å². The van der Waals surface area contributed by atoms with Crippen LogP contribution in [0.2, 0.25) is 0 Å². The quantitative estimate of drug-likeness (QED) is 0.666. The Morgan fingerprint density at radius 1 is 1.18 bits per heavy atom. The van der Waals surface area contributed by atoms with Gasteiger partial charge in [-0.1, -0.05) is 0 Å². The summed E-state index contributed by atoms with van der Waals surface area (Å²) in [7, 11) is 0. The molecule has 0 aromatic carbocycles. The van der Waals surface area contributed by atoms with Crippen molar-refractivity contribution in [1.82, 2.24) is 4.90 Å². The zero-order chi connectivity index (χ0) is 9.02. The van der Waals surface area contributed by atoms with Gasteiger partial charge in [-0.3, -0.25) is 4.90 Å². The Bertz CT molecular complexity index is 91.7. The summed E-state index contributed by atoms with van der Waals surface area (Å²) in [5, 5.41) is 9.07. The molecular weight excluding hydrogens is 138 g/mol. The van der Waals surface area contributed by atoms with E-state index in [0.717, 1.165) is 0 Å². The van der Waals surface area contributed by atoms with Gasteiger partial charge in [0.05, 0.1) is 6.10 Å². The van der Waals surface area contributed by atoms with Gasteiger partial charge in [0.25, 0.3) is 0 Å². The highest BCUT2D eigenvalue weighted by atomic mass is 16.3. The van der Waals surface area contributed by atoms with Gasteiger partial charge in [0.2, 0.25) is 0 Å². The summed E-state index contributed by atoms with van der Waals surface area (Å²) < 4.78 is 0. The first-order valence-corrected chi connectivity index (χ1v) is 4.22. The molecule has 2 nitrogen and oxygen atoms in total. The van der Waals surface area contributed by atoms with Crippen LogP contribution in [0.5, 0.6) is 0 Å². The lowest BCUT2D eigenvalue weighted by Gasteiger charge is -2.31. The third kappa shape index (κ3) is 4.38. The number of aliphatic hydroxyl groups is 1. The lowest BCUT2D eigenvalue weighted by atomic mass is 10.2. The molecule has 0 heterocycles. The molecule has 0 saturated heterocycles. The monoisotopic (exact) mass is 158 g/mol. The summed E-state index contributed by atoms with van der Waals surface area (Å²) in [5.41, 5.74) is 0. The number of hydrogen-bond donors (Lipinski definition) is 1. The van der Waals surface area contributed by atoms with E-state index in [-0.39, 0.29) is 0 Å². The molecule has 67 valence electrons. The zero-order valence-corrected chi connectivity index (χ0v) is 8.04. The molecule has 0 amide bonds. The van der Waals surface area contributed by atoms with Crippen molar-refractivity contribution in [3.8, 4) is 0 Å². The van der Waals surface area contributed by atoms with Crippen LogP contribution in [0.1, 0.15) is 27.7 Å². The van der Waals surface area contributed by atoms with Crippen molar-refractivity contribution >= 4 is 0 Å². The van der Waals surface area contributed by atoms with Crippen LogP contribution in [-0.2, 0) is 0 Å². The fourth-order valence-corrected chi connectivity index (χ4v) is 1.26. The SMILES string of the molecule is [CH2]C(O)CN(C(C)C)C(C)C. The molecule has 0 saturated carbocycles. The molecule has 0 aromatic rings. The first-order valence-electron chi connectivity index (χ1n) is 4.22. The highest BCUT2D eigenvalue weighted by molar-refractivity contribution is 4.72. The van der Waals surface area contributed by atoms with Crippen molar-refractivity contribution in [2.45, 2.75) is 45.9 Å². The second-order valence-electron chi connectivity index (χ2n) is 3.54. The Balaban J connectivity index is 3.90. The van der Waals surface area contributed by atoms with Gasteiger partial charge in [0.1, 0.15) is 0 Å². The van der Waals surface area contributed by atoms with Gasteiger partial charge >= 0.3 is 0 Å². The van der Waals surface area contributed by atoms with E-state index in [4.69, 9.17) is 5.11 Å². The minimum absolute atomic E-state index is 0.472. The van der Waals surface area contributed by atoms with E-state index in [0.29, 0.717) is 18.6 Å². The third-order valence-corrected chi connectivity index (χ3v) is 1.75. The lowest BCUT2D eigenvalue weighted by Crippen LogP contribution is -2.41. The molecule has 0 spiro atoms. The van der Waals surface area contributed by atoms with Crippen LogP contribution in [0.3, 0.4) is 0 Å². The van der Waals surface area contributed by atoms with Gasteiger partial charge in [-0.05, 0) is 34.6 Å². The maximum absolute atomic E-state index is 9.07. The standard InChI is InChI=1S/C9H20NO/c1-7(2)10(8(3)4)6-9(5)11/h7-9,11H,5-6H2,1-4H3. The first-order chi connectivity index (χ1) is 4.95. The number of hydrogen-bond acceptors (Lipinski definition) is 2. The van der Waals surface area contributed by atoms with Gasteiger partial charge in [0.15, 0.2) is 0 Å². The molecule has 0 aromatic heterocycles. The molecule has 0 fully saturated rings. The van der Waals surface area contributed by atoms with Crippen LogP contribution in [0, 0.1) is 6.92 Å². The molecule has 0 bridgehead atoms. The predicted molar refractivity (Wildman–Crippen MR) is 48.3 cm³/mol. The Hall–Kier alpha value is -0.0800. The number of aliphatic hydroxyl groups excluding tert-OH is 1. The maximum Gasteiger partial charge on any atom is 0.0668 e. The van der Waals surface area contributed by atoms with Crippen LogP contribution in [0.4, 0.5) is 0 Å². The van der Waals surface area contributed by atoms with E-state index in [9.17, 15) is 0 Å². The Morgan fingerprint density at radius 2 is 1.55 bits per heavy atom. The van der Waals surface area contributed by atoms with E-state index in [1.807, 2.05) is 0 Å². The molecule has 2 heteroatoms. The Labute approximate surface area is 70.2 Å². The van der Waals surface area contributed by atoms with Gasteiger partial charge in [0, 0.05) is 18.6 Å². The highest BCUT2D eigenvalue weighted by Crippen LogP contribution is 2.05. The summed E-state index contributed by atoms with van der Waals surface area (Å²) in [6.45, 7) is 12.7. The maximum atomic E-state index is 9.07. The molecule has 0 aliphatic heterocycles. The molecule has 1 radical (unpaired) electrons. The van der Waals surface area contributed by atoms with Crippen LogP contribution in [0.15, 0.2) is 0 Å². The molecule has 0 aliphatic rings. The molecule has 0 aliphatic carbocycles. The smallest absolute Gasteiger partial charge is 0.0668 e. The predicted octanol–water partition coefficient (Wildman–Crippen LogP) is 1.30. The van der Waals surface area contributed by atoms with Crippen molar-refractivity contribution in [3.63, 3.8) is 0 Å². The van der Waals surface area contributed by atoms with E-state index in [1.54, 1.807) is 0 Å². The van der Waals surface area contributed by atoms with Crippen LogP contribution < -0.4 is 0 Å². The fourth-order valence-electron chi connectivity index (χ4n) is 1.26. The molecule has 1 N–H and O–H groups in total. The van der Waals surface area contributed by atoms with E-state index in [2.05, 4.69) is 39.5 Å². The molecule has 0 rings (SSSR count). The summed E-state index contributed by atoms with van der Waals surface area (Å²) in [4.78, 5) is 2.22. The van der Waals surface area contributed by atoms with Crippen molar-refractivity contribution in [2.24, 2.45) is 0 Å². The van der Waals surface area contributed by atoms with Crippen LogP contribution in [-0.4, -0.2) is 34.7 Å². The van der Waals surface area contributed by atoms with Crippen molar-refractivity contribution < 1.29 is 5.11 Å². The van der Waals surface area contributed by atoms with Gasteiger partial charge in [-0.25, -0.2) is 0 Å². The van der Waals surface area contributed by atoms with Gasteiger partial charge in [-0.15, -0.1) is 0 Å². The summed E-state index contributed by atoms with van der Waals surface area (Å²) in [6, 6.07) is 0.956. The number of rotatable bonds is 4. The minimum Gasteiger partial charge on any atom is -0.392 e. The Morgan fingerprint density at radius 3 is 1.64 bits per heavy atom. The molecular formula is C9H20NO. The van der Waals surface area contributed by atoms with Crippen LogP contribution in [0.25, 0.3) is 0 Å². The van der Waals surface area contributed by atoms with Crippen molar-refractivity contribution in [2.75, 3.05) is 6.54 Å². The van der Waals surface area contributed by atoms with E-state index >= 15 is 0 Å². The van der Waals surface area contributed by atoms with E-state index in [1.165, 1.54) is 0 Å². The normalized spacial score (nSPS) is 15.0. The van der Waals surface area contributed by atoms with Crippen molar-refractivity contribution in [3.05, 3.63) is 6.92 Å².